The SMILES string of the molecule is COc1ccc(NC(=O)CCc2nc3ccccc3[nH]c2=O)cc1OC. The van der Waals surface area contributed by atoms with Crippen LogP contribution in [0.1, 0.15) is 12.1 Å². The number of hydrogen-bond donors (Lipinski definition) is 2. The predicted molar refractivity (Wildman–Crippen MR) is 98.9 cm³/mol. The summed E-state index contributed by atoms with van der Waals surface area (Å²) in [4.78, 5) is 31.4. The number of amides is 1. The van der Waals surface area contributed by atoms with Crippen molar-refractivity contribution in [3.05, 3.63) is 58.5 Å². The van der Waals surface area contributed by atoms with E-state index in [1.807, 2.05) is 18.2 Å². The molecule has 1 heterocycles. The molecular weight excluding hydrogens is 334 g/mol. The van der Waals surface area contributed by atoms with Gasteiger partial charge >= 0.3 is 0 Å². The van der Waals surface area contributed by atoms with E-state index in [1.165, 1.54) is 7.11 Å². The van der Waals surface area contributed by atoms with Crippen molar-refractivity contribution < 1.29 is 14.3 Å². The first-order valence-electron chi connectivity index (χ1n) is 8.10. The molecule has 0 saturated heterocycles. The number of ether oxygens (including phenoxy) is 2. The molecule has 0 radical (unpaired) electrons. The van der Waals surface area contributed by atoms with Crippen LogP contribution in [0, 0.1) is 0 Å². The fourth-order valence-corrected chi connectivity index (χ4v) is 2.61. The summed E-state index contributed by atoms with van der Waals surface area (Å²) in [6.07, 6.45) is 0.391. The van der Waals surface area contributed by atoms with Crippen LogP contribution < -0.4 is 20.3 Å². The Hall–Kier alpha value is -3.35. The molecule has 0 aliphatic carbocycles. The van der Waals surface area contributed by atoms with Crippen molar-refractivity contribution in [2.75, 3.05) is 19.5 Å². The van der Waals surface area contributed by atoms with E-state index < -0.39 is 0 Å². The molecule has 134 valence electrons. The first-order chi connectivity index (χ1) is 12.6. The number of rotatable bonds is 6. The van der Waals surface area contributed by atoms with Crippen molar-refractivity contribution in [2.24, 2.45) is 0 Å². The molecule has 2 N–H and O–H groups in total. The Kier molecular flexibility index (Phi) is 5.17. The van der Waals surface area contributed by atoms with Gasteiger partial charge in [0, 0.05) is 24.6 Å². The maximum Gasteiger partial charge on any atom is 0.270 e. The number of methoxy groups -OCH3 is 2. The highest BCUT2D eigenvalue weighted by molar-refractivity contribution is 5.91. The highest BCUT2D eigenvalue weighted by Crippen LogP contribution is 2.29. The second-order valence-corrected chi connectivity index (χ2v) is 5.65. The van der Waals surface area contributed by atoms with Crippen molar-refractivity contribution in [3.8, 4) is 11.5 Å². The fourth-order valence-electron chi connectivity index (χ4n) is 2.61. The molecule has 0 bridgehead atoms. The Balaban J connectivity index is 1.68. The number of aryl methyl sites for hydroxylation is 1. The van der Waals surface area contributed by atoms with E-state index in [4.69, 9.17) is 9.47 Å². The molecule has 1 aromatic heterocycles. The molecular formula is C19H19N3O4. The molecule has 3 rings (SSSR count). The molecule has 0 saturated carbocycles. The molecule has 0 atom stereocenters. The van der Waals surface area contributed by atoms with E-state index in [9.17, 15) is 9.59 Å². The zero-order valence-corrected chi connectivity index (χ0v) is 14.5. The third kappa shape index (κ3) is 3.83. The smallest absolute Gasteiger partial charge is 0.270 e. The normalized spacial score (nSPS) is 10.5. The molecule has 7 nitrogen and oxygen atoms in total. The highest BCUT2D eigenvalue weighted by Gasteiger charge is 2.10. The third-order valence-corrected chi connectivity index (χ3v) is 3.93. The van der Waals surface area contributed by atoms with Crippen LogP contribution in [0.15, 0.2) is 47.3 Å². The lowest BCUT2D eigenvalue weighted by Crippen LogP contribution is -2.19. The molecule has 1 amide bonds. The van der Waals surface area contributed by atoms with Gasteiger partial charge in [-0.05, 0) is 24.3 Å². The van der Waals surface area contributed by atoms with Gasteiger partial charge in [-0.1, -0.05) is 12.1 Å². The maximum absolute atomic E-state index is 12.2. The van der Waals surface area contributed by atoms with Gasteiger partial charge in [-0.2, -0.15) is 0 Å². The second kappa shape index (κ2) is 7.69. The molecule has 3 aromatic rings. The largest absolute Gasteiger partial charge is 0.493 e. The summed E-state index contributed by atoms with van der Waals surface area (Å²) in [5.74, 6) is 0.891. The highest BCUT2D eigenvalue weighted by atomic mass is 16.5. The first kappa shape index (κ1) is 17.5. The lowest BCUT2D eigenvalue weighted by Gasteiger charge is -2.10. The third-order valence-electron chi connectivity index (χ3n) is 3.93. The van der Waals surface area contributed by atoms with Gasteiger partial charge in [0.1, 0.15) is 5.69 Å². The second-order valence-electron chi connectivity index (χ2n) is 5.65. The van der Waals surface area contributed by atoms with Crippen LogP contribution in [0.2, 0.25) is 0 Å². The van der Waals surface area contributed by atoms with Crippen LogP contribution in [0.4, 0.5) is 5.69 Å². The minimum atomic E-state index is -0.275. The number of H-pyrrole nitrogens is 1. The zero-order chi connectivity index (χ0) is 18.5. The lowest BCUT2D eigenvalue weighted by molar-refractivity contribution is -0.116. The van der Waals surface area contributed by atoms with Crippen molar-refractivity contribution in [3.63, 3.8) is 0 Å². The Bertz CT molecular complexity index is 997. The Labute approximate surface area is 150 Å². The summed E-state index contributed by atoms with van der Waals surface area (Å²) >= 11 is 0. The van der Waals surface area contributed by atoms with Gasteiger partial charge in [-0.25, -0.2) is 4.98 Å². The van der Waals surface area contributed by atoms with Crippen LogP contribution in [-0.4, -0.2) is 30.1 Å². The number of benzene rings is 2. The molecule has 0 aliphatic heterocycles. The first-order valence-corrected chi connectivity index (χ1v) is 8.10. The van der Waals surface area contributed by atoms with Crippen molar-refractivity contribution >= 4 is 22.6 Å². The molecule has 0 fully saturated rings. The molecule has 26 heavy (non-hydrogen) atoms. The minimum Gasteiger partial charge on any atom is -0.493 e. The van der Waals surface area contributed by atoms with E-state index in [0.29, 0.717) is 33.9 Å². The van der Waals surface area contributed by atoms with Gasteiger partial charge in [0.2, 0.25) is 5.91 Å². The van der Waals surface area contributed by atoms with Crippen LogP contribution in [0.5, 0.6) is 11.5 Å². The van der Waals surface area contributed by atoms with Gasteiger partial charge in [0.05, 0.1) is 25.3 Å². The number of carbonyl (C=O) groups excluding carboxylic acids is 1. The molecule has 2 aromatic carbocycles. The Morgan fingerprint density at radius 2 is 1.88 bits per heavy atom. The number of anilines is 1. The van der Waals surface area contributed by atoms with Gasteiger partial charge in [0.15, 0.2) is 11.5 Å². The van der Waals surface area contributed by atoms with Crippen molar-refractivity contribution in [2.45, 2.75) is 12.8 Å². The van der Waals surface area contributed by atoms with Crippen LogP contribution in [0.3, 0.4) is 0 Å². The van der Waals surface area contributed by atoms with E-state index in [-0.39, 0.29) is 24.3 Å². The standard InChI is InChI=1S/C19H19N3O4/c1-25-16-9-7-12(11-17(16)26-2)20-18(23)10-8-15-19(24)22-14-6-4-3-5-13(14)21-15/h3-7,9,11H,8,10H2,1-2H3,(H,20,23)(H,22,24). The van der Waals surface area contributed by atoms with Crippen LogP contribution in [-0.2, 0) is 11.2 Å². The minimum absolute atomic E-state index is 0.142. The number of nitrogens with zero attached hydrogens (tertiary/aromatic N) is 1. The molecule has 0 unspecified atom stereocenters. The number of hydrogen-bond acceptors (Lipinski definition) is 5. The Morgan fingerprint density at radius 1 is 1.12 bits per heavy atom. The zero-order valence-electron chi connectivity index (χ0n) is 14.5. The number of aromatic amines is 1. The van der Waals surface area contributed by atoms with Crippen LogP contribution in [0.25, 0.3) is 11.0 Å². The van der Waals surface area contributed by atoms with E-state index in [2.05, 4.69) is 15.3 Å². The maximum atomic E-state index is 12.2. The molecule has 0 spiro atoms. The van der Waals surface area contributed by atoms with E-state index >= 15 is 0 Å². The van der Waals surface area contributed by atoms with Crippen molar-refractivity contribution in [1.82, 2.24) is 9.97 Å². The van der Waals surface area contributed by atoms with Crippen molar-refractivity contribution in [1.29, 1.82) is 0 Å². The summed E-state index contributed by atoms with van der Waals surface area (Å²) < 4.78 is 10.4. The van der Waals surface area contributed by atoms with Crippen LogP contribution >= 0.6 is 0 Å². The average molecular weight is 353 g/mol. The quantitative estimate of drug-likeness (QED) is 0.710. The summed E-state index contributed by atoms with van der Waals surface area (Å²) in [7, 11) is 3.07. The monoisotopic (exact) mass is 353 g/mol. The van der Waals surface area contributed by atoms with Gasteiger partial charge in [-0.3, -0.25) is 9.59 Å². The topological polar surface area (TPSA) is 93.3 Å². The average Bonchev–Trinajstić information content (AvgIpc) is 2.66. The lowest BCUT2D eigenvalue weighted by atomic mass is 10.2. The van der Waals surface area contributed by atoms with Gasteiger partial charge < -0.3 is 19.8 Å². The summed E-state index contributed by atoms with van der Waals surface area (Å²) in [6, 6.07) is 12.4. The van der Waals surface area contributed by atoms with E-state index in [0.717, 1.165) is 0 Å². The fraction of sp³-hybridized carbons (Fsp3) is 0.211. The predicted octanol–water partition coefficient (Wildman–Crippen LogP) is 2.51. The Morgan fingerprint density at radius 3 is 2.65 bits per heavy atom. The number of fused-ring (bicyclic) bond motifs is 1. The number of para-hydroxylation sites is 2. The number of nitrogens with one attached hydrogen (secondary N) is 2. The van der Waals surface area contributed by atoms with E-state index in [1.54, 1.807) is 31.4 Å². The molecule has 0 aliphatic rings. The number of carbonyl (C=O) groups is 1. The summed E-state index contributed by atoms with van der Waals surface area (Å²) in [5.41, 5.74) is 2.03. The summed E-state index contributed by atoms with van der Waals surface area (Å²) in [6.45, 7) is 0. The van der Waals surface area contributed by atoms with Gasteiger partial charge in [0.25, 0.3) is 5.56 Å². The molecule has 7 heteroatoms. The summed E-state index contributed by atoms with van der Waals surface area (Å²) in [5, 5.41) is 2.78. The van der Waals surface area contributed by atoms with Gasteiger partial charge in [-0.15, -0.1) is 0 Å². The number of aromatic nitrogens is 2.